The Hall–Kier alpha value is -0.750. The zero-order valence-corrected chi connectivity index (χ0v) is 9.67. The summed E-state index contributed by atoms with van der Waals surface area (Å²) in [5.41, 5.74) is -0.716. The van der Waals surface area contributed by atoms with Crippen LogP contribution in [0.1, 0.15) is 22.9 Å². The van der Waals surface area contributed by atoms with E-state index < -0.39 is 17.6 Å². The van der Waals surface area contributed by atoms with Crippen molar-refractivity contribution in [3.63, 3.8) is 0 Å². The summed E-state index contributed by atoms with van der Waals surface area (Å²) in [7, 11) is 0. The molecule has 1 atom stereocenters. The van der Waals surface area contributed by atoms with Gasteiger partial charge in [0, 0.05) is 0 Å². The van der Waals surface area contributed by atoms with Crippen LogP contribution >= 0.6 is 11.8 Å². The smallest absolute Gasteiger partial charge is 0.302 e. The fourth-order valence-electron chi connectivity index (χ4n) is 1.70. The maximum Gasteiger partial charge on any atom is 0.419 e. The standard InChI is InChI=1S/C11H11F4NS/c12-9-3-2-7(6-8(9)11(13,14)15)10-16-4-1-5-17-10/h2-3,6,10,16H,1,4-5H2. The summed E-state index contributed by atoms with van der Waals surface area (Å²) in [5, 5.41) is 2.93. The first kappa shape index (κ1) is 12.7. The predicted octanol–water partition coefficient (Wildman–Crippen LogP) is 3.57. The minimum Gasteiger partial charge on any atom is -0.302 e. The molecule has 0 spiro atoms. The van der Waals surface area contributed by atoms with E-state index in [1.807, 2.05) is 0 Å². The molecule has 0 bridgehead atoms. The average Bonchev–Trinajstić information content (AvgIpc) is 2.29. The van der Waals surface area contributed by atoms with Gasteiger partial charge in [-0.1, -0.05) is 6.07 Å². The van der Waals surface area contributed by atoms with Gasteiger partial charge < -0.3 is 5.32 Å². The summed E-state index contributed by atoms with van der Waals surface area (Å²) in [6, 6.07) is 3.18. The molecule has 1 N–H and O–H groups in total. The number of benzene rings is 1. The lowest BCUT2D eigenvalue weighted by atomic mass is 10.1. The predicted molar refractivity (Wildman–Crippen MR) is 59.2 cm³/mol. The Labute approximate surface area is 101 Å². The normalized spacial score (nSPS) is 21.5. The molecule has 1 aliphatic heterocycles. The van der Waals surface area contributed by atoms with Crippen LogP contribution in [-0.4, -0.2) is 12.3 Å². The van der Waals surface area contributed by atoms with E-state index in [1.165, 1.54) is 6.07 Å². The monoisotopic (exact) mass is 265 g/mol. The van der Waals surface area contributed by atoms with Gasteiger partial charge in [0.15, 0.2) is 0 Å². The third-order valence-electron chi connectivity index (χ3n) is 2.53. The van der Waals surface area contributed by atoms with Crippen LogP contribution in [0, 0.1) is 5.82 Å². The quantitative estimate of drug-likeness (QED) is 0.779. The van der Waals surface area contributed by atoms with E-state index in [-0.39, 0.29) is 5.37 Å². The van der Waals surface area contributed by atoms with Crippen LogP contribution in [0.2, 0.25) is 0 Å². The first-order valence-corrected chi connectivity index (χ1v) is 6.25. The number of hydrogen-bond acceptors (Lipinski definition) is 2. The highest BCUT2D eigenvalue weighted by atomic mass is 32.2. The van der Waals surface area contributed by atoms with Crippen molar-refractivity contribution < 1.29 is 17.6 Å². The lowest BCUT2D eigenvalue weighted by Gasteiger charge is -2.24. The van der Waals surface area contributed by atoms with E-state index in [1.54, 1.807) is 11.8 Å². The van der Waals surface area contributed by atoms with Gasteiger partial charge in [-0.3, -0.25) is 0 Å². The Bertz CT molecular complexity index is 399. The molecular weight excluding hydrogens is 254 g/mol. The van der Waals surface area contributed by atoms with Crippen LogP contribution in [0.3, 0.4) is 0 Å². The van der Waals surface area contributed by atoms with Gasteiger partial charge >= 0.3 is 6.18 Å². The Morgan fingerprint density at radius 1 is 1.29 bits per heavy atom. The van der Waals surface area contributed by atoms with Crippen molar-refractivity contribution in [2.24, 2.45) is 0 Å². The summed E-state index contributed by atoms with van der Waals surface area (Å²) < 4.78 is 50.7. The Morgan fingerprint density at radius 2 is 2.06 bits per heavy atom. The molecule has 0 radical (unpaired) electrons. The minimum absolute atomic E-state index is 0.176. The maximum absolute atomic E-state index is 13.1. The van der Waals surface area contributed by atoms with Crippen molar-refractivity contribution in [1.82, 2.24) is 5.32 Å². The summed E-state index contributed by atoms with van der Waals surface area (Å²) in [6.07, 6.45) is -3.64. The summed E-state index contributed by atoms with van der Waals surface area (Å²) >= 11 is 1.54. The van der Waals surface area contributed by atoms with Crippen molar-refractivity contribution in [3.05, 3.63) is 35.1 Å². The molecular formula is C11H11F4NS. The molecule has 1 aliphatic rings. The van der Waals surface area contributed by atoms with Gasteiger partial charge in [-0.25, -0.2) is 4.39 Å². The number of nitrogens with one attached hydrogen (secondary N) is 1. The lowest BCUT2D eigenvalue weighted by molar-refractivity contribution is -0.140. The van der Waals surface area contributed by atoms with Gasteiger partial charge in [0.2, 0.25) is 0 Å². The van der Waals surface area contributed by atoms with Crippen LogP contribution in [0.5, 0.6) is 0 Å². The number of rotatable bonds is 1. The van der Waals surface area contributed by atoms with Crippen LogP contribution in [0.25, 0.3) is 0 Å². The molecule has 2 rings (SSSR count). The topological polar surface area (TPSA) is 12.0 Å². The van der Waals surface area contributed by atoms with Gasteiger partial charge in [-0.05, 0) is 36.4 Å². The second-order valence-electron chi connectivity index (χ2n) is 3.80. The molecule has 1 aromatic carbocycles. The van der Waals surface area contributed by atoms with E-state index in [0.717, 1.165) is 30.9 Å². The molecule has 0 aliphatic carbocycles. The molecule has 0 aromatic heterocycles. The Morgan fingerprint density at radius 3 is 2.65 bits per heavy atom. The van der Waals surface area contributed by atoms with E-state index >= 15 is 0 Å². The number of thioether (sulfide) groups is 1. The molecule has 94 valence electrons. The Balaban J connectivity index is 2.30. The van der Waals surface area contributed by atoms with Gasteiger partial charge in [-0.2, -0.15) is 13.2 Å². The van der Waals surface area contributed by atoms with Gasteiger partial charge in [0.05, 0.1) is 10.9 Å². The molecule has 1 unspecified atom stereocenters. The van der Waals surface area contributed by atoms with E-state index in [9.17, 15) is 17.6 Å². The SMILES string of the molecule is Fc1ccc(C2NCCCS2)cc1C(F)(F)F. The first-order chi connectivity index (χ1) is 7.98. The number of halogens is 4. The van der Waals surface area contributed by atoms with Crippen molar-refractivity contribution >= 4 is 11.8 Å². The van der Waals surface area contributed by atoms with E-state index in [4.69, 9.17) is 0 Å². The molecule has 6 heteroatoms. The highest BCUT2D eigenvalue weighted by Crippen LogP contribution is 2.36. The fraction of sp³-hybridized carbons (Fsp3) is 0.455. The molecule has 1 fully saturated rings. The molecule has 1 saturated heterocycles. The molecule has 1 aromatic rings. The molecule has 0 amide bonds. The van der Waals surface area contributed by atoms with Gasteiger partial charge in [-0.15, -0.1) is 11.8 Å². The highest BCUT2D eigenvalue weighted by molar-refractivity contribution is 7.99. The van der Waals surface area contributed by atoms with Crippen LogP contribution in [0.4, 0.5) is 17.6 Å². The fourth-order valence-corrected chi connectivity index (χ4v) is 2.82. The Kier molecular flexibility index (Phi) is 3.63. The molecule has 17 heavy (non-hydrogen) atoms. The first-order valence-electron chi connectivity index (χ1n) is 5.20. The zero-order chi connectivity index (χ0) is 12.5. The van der Waals surface area contributed by atoms with E-state index in [0.29, 0.717) is 5.56 Å². The summed E-state index contributed by atoms with van der Waals surface area (Å²) in [5.74, 6) is -0.321. The highest BCUT2D eigenvalue weighted by Gasteiger charge is 2.34. The average molecular weight is 265 g/mol. The zero-order valence-electron chi connectivity index (χ0n) is 8.85. The summed E-state index contributed by atoms with van der Waals surface area (Å²) in [4.78, 5) is 0. The molecule has 1 nitrogen and oxygen atoms in total. The second kappa shape index (κ2) is 4.86. The van der Waals surface area contributed by atoms with Crippen molar-refractivity contribution in [2.45, 2.75) is 18.0 Å². The van der Waals surface area contributed by atoms with Crippen molar-refractivity contribution in [1.29, 1.82) is 0 Å². The number of alkyl halides is 3. The lowest BCUT2D eigenvalue weighted by Crippen LogP contribution is -2.25. The molecule has 1 heterocycles. The van der Waals surface area contributed by atoms with E-state index in [2.05, 4.69) is 5.32 Å². The van der Waals surface area contributed by atoms with Gasteiger partial charge in [0.25, 0.3) is 0 Å². The van der Waals surface area contributed by atoms with Crippen LogP contribution < -0.4 is 5.32 Å². The summed E-state index contributed by atoms with van der Waals surface area (Å²) in [6.45, 7) is 0.774. The number of hydrogen-bond donors (Lipinski definition) is 1. The maximum atomic E-state index is 13.1. The third kappa shape index (κ3) is 2.93. The van der Waals surface area contributed by atoms with Gasteiger partial charge in [0.1, 0.15) is 5.82 Å². The largest absolute Gasteiger partial charge is 0.419 e. The molecule has 0 saturated carbocycles. The third-order valence-corrected chi connectivity index (χ3v) is 3.83. The van der Waals surface area contributed by atoms with Crippen LogP contribution in [-0.2, 0) is 6.18 Å². The second-order valence-corrected chi connectivity index (χ2v) is 5.01. The van der Waals surface area contributed by atoms with Crippen molar-refractivity contribution in [2.75, 3.05) is 12.3 Å². The van der Waals surface area contributed by atoms with Crippen LogP contribution in [0.15, 0.2) is 18.2 Å². The minimum atomic E-state index is -4.64. The van der Waals surface area contributed by atoms with Crippen molar-refractivity contribution in [3.8, 4) is 0 Å².